The Morgan fingerprint density at radius 1 is 1.56 bits per heavy atom. The lowest BCUT2D eigenvalue weighted by molar-refractivity contribution is -0.114. The van der Waals surface area contributed by atoms with Crippen LogP contribution in [0.25, 0.3) is 0 Å². The lowest BCUT2D eigenvalue weighted by Crippen LogP contribution is -2.23. The van der Waals surface area contributed by atoms with Crippen molar-refractivity contribution in [1.82, 2.24) is 4.72 Å². The smallest absolute Gasteiger partial charge is 0.251 e. The molecule has 1 amide bonds. The quantitative estimate of drug-likeness (QED) is 0.578. The highest BCUT2D eigenvalue weighted by Gasteiger charge is 2.03. The first kappa shape index (κ1) is 8.56. The number of hydrogen-bond acceptors (Lipinski definition) is 1. The fourth-order valence-electron chi connectivity index (χ4n) is 0.343. The first-order chi connectivity index (χ1) is 3.95. The highest BCUT2D eigenvalue weighted by molar-refractivity contribution is 8.30. The van der Waals surface area contributed by atoms with Gasteiger partial charge in [-0.05, 0) is 24.8 Å². The Balaban J connectivity index is 3.74. The molecule has 0 saturated carbocycles. The van der Waals surface area contributed by atoms with Crippen molar-refractivity contribution in [3.05, 3.63) is 12.7 Å². The highest BCUT2D eigenvalue weighted by Crippen LogP contribution is 2.27. The molecule has 0 heterocycles. The van der Waals surface area contributed by atoms with E-state index in [1.54, 1.807) is 0 Å². The molecule has 0 aliphatic heterocycles. The van der Waals surface area contributed by atoms with Gasteiger partial charge in [-0.3, -0.25) is 4.79 Å². The largest absolute Gasteiger partial charge is 0.315 e. The molecule has 0 aromatic carbocycles. The lowest BCUT2D eigenvalue weighted by Gasteiger charge is -2.25. The zero-order valence-corrected chi connectivity index (χ0v) is 6.92. The van der Waals surface area contributed by atoms with Crippen molar-refractivity contribution in [3.63, 3.8) is 0 Å². The highest BCUT2D eigenvalue weighted by atomic mass is 32.3. The van der Waals surface area contributed by atoms with Crippen molar-refractivity contribution >= 4 is 16.1 Å². The maximum absolute atomic E-state index is 10.6. The molecular formula is C6H13NOS. The SMILES string of the molecule is C=CC(=O)NS(C)(C)C. The predicted molar refractivity (Wildman–Crippen MR) is 43.7 cm³/mol. The van der Waals surface area contributed by atoms with Crippen molar-refractivity contribution in [3.8, 4) is 0 Å². The van der Waals surface area contributed by atoms with Crippen LogP contribution in [-0.4, -0.2) is 24.7 Å². The molecule has 0 bridgehead atoms. The van der Waals surface area contributed by atoms with Gasteiger partial charge in [0, 0.05) is 0 Å². The summed E-state index contributed by atoms with van der Waals surface area (Å²) in [4.78, 5) is 10.6. The van der Waals surface area contributed by atoms with E-state index >= 15 is 0 Å². The molecule has 0 atom stereocenters. The van der Waals surface area contributed by atoms with Gasteiger partial charge in [0.25, 0.3) is 5.91 Å². The topological polar surface area (TPSA) is 29.1 Å². The van der Waals surface area contributed by atoms with Crippen LogP contribution in [0.5, 0.6) is 0 Å². The van der Waals surface area contributed by atoms with Gasteiger partial charge in [0.15, 0.2) is 0 Å². The van der Waals surface area contributed by atoms with E-state index in [4.69, 9.17) is 0 Å². The minimum absolute atomic E-state index is 0.0856. The van der Waals surface area contributed by atoms with Crippen LogP contribution in [0.3, 0.4) is 0 Å². The van der Waals surface area contributed by atoms with Crippen molar-refractivity contribution < 1.29 is 4.79 Å². The molecule has 2 nitrogen and oxygen atoms in total. The molecule has 0 aliphatic rings. The van der Waals surface area contributed by atoms with E-state index in [0.717, 1.165) is 0 Å². The summed E-state index contributed by atoms with van der Waals surface area (Å²) >= 11 is 0. The van der Waals surface area contributed by atoms with E-state index in [-0.39, 0.29) is 5.91 Å². The van der Waals surface area contributed by atoms with Crippen LogP contribution >= 0.6 is 10.2 Å². The molecule has 0 fully saturated rings. The summed E-state index contributed by atoms with van der Waals surface area (Å²) in [6.45, 7) is 3.35. The Bertz CT molecular complexity index is 126. The summed E-state index contributed by atoms with van der Waals surface area (Å²) in [6, 6.07) is 0. The third-order valence-electron chi connectivity index (χ3n) is 0.592. The van der Waals surface area contributed by atoms with Crippen LogP contribution in [0.2, 0.25) is 0 Å². The Morgan fingerprint density at radius 3 is 2.11 bits per heavy atom. The van der Waals surface area contributed by atoms with Gasteiger partial charge in [-0.1, -0.05) is 6.58 Å². The summed E-state index contributed by atoms with van der Waals surface area (Å²) in [5.74, 6) is -0.0856. The molecule has 1 N–H and O–H groups in total. The summed E-state index contributed by atoms with van der Waals surface area (Å²) in [5, 5.41) is 0. The van der Waals surface area contributed by atoms with E-state index in [0.29, 0.717) is 0 Å². The maximum Gasteiger partial charge on any atom is 0.251 e. The monoisotopic (exact) mass is 147 g/mol. The molecule has 0 aromatic heterocycles. The molecule has 0 aromatic rings. The standard InChI is InChI=1S/C6H13NOS/c1-5-6(8)7-9(2,3)4/h5H,1H2,2-4H3,(H,7,8). The third-order valence-corrected chi connectivity index (χ3v) is 1.41. The fourth-order valence-corrected chi connectivity index (χ4v) is 1.03. The molecule has 0 radical (unpaired) electrons. The van der Waals surface area contributed by atoms with Crippen LogP contribution in [-0.2, 0) is 4.79 Å². The lowest BCUT2D eigenvalue weighted by atomic mass is 10.6. The van der Waals surface area contributed by atoms with Gasteiger partial charge in [-0.2, -0.15) is 10.2 Å². The van der Waals surface area contributed by atoms with Crippen LogP contribution in [0.15, 0.2) is 12.7 Å². The second-order valence-corrected chi connectivity index (χ2v) is 6.39. The second kappa shape index (κ2) is 2.92. The molecule has 0 aliphatic carbocycles. The van der Waals surface area contributed by atoms with Crippen LogP contribution in [0.4, 0.5) is 0 Å². The predicted octanol–water partition coefficient (Wildman–Crippen LogP) is 0.898. The minimum atomic E-state index is -0.906. The fraction of sp³-hybridized carbons (Fsp3) is 0.500. The van der Waals surface area contributed by atoms with Crippen molar-refractivity contribution in [2.75, 3.05) is 18.8 Å². The number of rotatable bonds is 2. The van der Waals surface area contributed by atoms with Gasteiger partial charge in [-0.15, -0.1) is 0 Å². The molecule has 0 unspecified atom stereocenters. The number of amides is 1. The Morgan fingerprint density at radius 2 is 2.00 bits per heavy atom. The van der Waals surface area contributed by atoms with Gasteiger partial charge >= 0.3 is 0 Å². The van der Waals surface area contributed by atoms with E-state index in [1.807, 2.05) is 18.8 Å². The Labute approximate surface area is 57.8 Å². The molecule has 9 heavy (non-hydrogen) atoms. The molecule has 0 rings (SSSR count). The summed E-state index contributed by atoms with van der Waals surface area (Å²) in [5.41, 5.74) is 0. The summed E-state index contributed by atoms with van der Waals surface area (Å²) in [7, 11) is -0.906. The van der Waals surface area contributed by atoms with Crippen molar-refractivity contribution in [2.24, 2.45) is 0 Å². The first-order valence-electron chi connectivity index (χ1n) is 2.58. The molecule has 0 spiro atoms. The van der Waals surface area contributed by atoms with Gasteiger partial charge < -0.3 is 4.72 Å². The Hall–Kier alpha value is -0.440. The first-order valence-corrected chi connectivity index (χ1v) is 5.44. The van der Waals surface area contributed by atoms with Crippen molar-refractivity contribution in [1.29, 1.82) is 0 Å². The van der Waals surface area contributed by atoms with E-state index in [2.05, 4.69) is 11.3 Å². The van der Waals surface area contributed by atoms with Gasteiger partial charge in [0.2, 0.25) is 0 Å². The number of hydrogen-bond donors (Lipinski definition) is 1. The molecular weight excluding hydrogens is 134 g/mol. The second-order valence-electron chi connectivity index (χ2n) is 2.51. The average molecular weight is 147 g/mol. The zero-order valence-electron chi connectivity index (χ0n) is 6.10. The van der Waals surface area contributed by atoms with E-state index in [9.17, 15) is 4.79 Å². The Kier molecular flexibility index (Phi) is 2.77. The molecule has 0 saturated heterocycles. The normalized spacial score (nSPS) is 12.3. The van der Waals surface area contributed by atoms with Crippen LogP contribution < -0.4 is 4.72 Å². The molecule has 3 heteroatoms. The van der Waals surface area contributed by atoms with Gasteiger partial charge in [0.05, 0.1) is 0 Å². The third kappa shape index (κ3) is 5.43. The molecule has 54 valence electrons. The average Bonchev–Trinajstić information content (AvgIpc) is 1.62. The number of nitrogens with one attached hydrogen (secondary N) is 1. The maximum atomic E-state index is 10.6. The minimum Gasteiger partial charge on any atom is -0.315 e. The van der Waals surface area contributed by atoms with E-state index in [1.165, 1.54) is 6.08 Å². The van der Waals surface area contributed by atoms with Gasteiger partial charge in [-0.25, -0.2) is 0 Å². The number of carbonyl (C=O) groups is 1. The van der Waals surface area contributed by atoms with Crippen LogP contribution in [0, 0.1) is 0 Å². The van der Waals surface area contributed by atoms with E-state index < -0.39 is 10.2 Å². The summed E-state index contributed by atoms with van der Waals surface area (Å²) < 4.78 is 2.80. The van der Waals surface area contributed by atoms with Crippen molar-refractivity contribution in [2.45, 2.75) is 0 Å². The van der Waals surface area contributed by atoms with Gasteiger partial charge in [0.1, 0.15) is 0 Å². The number of carbonyl (C=O) groups excluding carboxylic acids is 1. The zero-order chi connectivity index (χ0) is 7.49. The van der Waals surface area contributed by atoms with Crippen LogP contribution in [0.1, 0.15) is 0 Å². The summed E-state index contributed by atoms with van der Waals surface area (Å²) in [6.07, 6.45) is 7.31.